The van der Waals surface area contributed by atoms with E-state index >= 15 is 0 Å². The number of esters is 2. The van der Waals surface area contributed by atoms with Crippen LogP contribution >= 0.6 is 0 Å². The predicted octanol–water partition coefficient (Wildman–Crippen LogP) is 33.5. The lowest BCUT2D eigenvalue weighted by molar-refractivity contribution is -0.144. The smallest absolute Gasteiger partial charge is 0.305 e. The van der Waals surface area contributed by atoms with Crippen LogP contribution in [0.15, 0.2) is 0 Å². The number of hydrogen-bond donors (Lipinski definition) is 0. The van der Waals surface area contributed by atoms with Crippen molar-refractivity contribution in [3.8, 4) is 0 Å². The fourth-order valence-corrected chi connectivity index (χ4v) is 14.5. The summed E-state index contributed by atoms with van der Waals surface area (Å²) in [6.07, 6.45) is 114. The van der Waals surface area contributed by atoms with Gasteiger partial charge < -0.3 is 9.47 Å². The summed E-state index contributed by atoms with van der Waals surface area (Å²) in [4.78, 5) is 24.0. The first kappa shape index (κ1) is 96.0. The van der Waals surface area contributed by atoms with Gasteiger partial charge in [0.15, 0.2) is 0 Å². The molecular formula is C91H182O4. The Labute approximate surface area is 601 Å². The van der Waals surface area contributed by atoms with Crippen LogP contribution in [0.4, 0.5) is 0 Å². The molecule has 0 N–H and O–H groups in total. The normalized spacial score (nSPS) is 11.5. The van der Waals surface area contributed by atoms with Crippen LogP contribution in [0.3, 0.4) is 0 Å². The molecule has 0 amide bonds. The van der Waals surface area contributed by atoms with Crippen molar-refractivity contribution in [2.75, 3.05) is 13.2 Å². The minimum atomic E-state index is 0.0310. The second kappa shape index (κ2) is 92.9. The van der Waals surface area contributed by atoms with Crippen LogP contribution in [-0.4, -0.2) is 25.2 Å². The number of hydrogen-bond acceptors (Lipinski definition) is 4. The summed E-state index contributed by atoms with van der Waals surface area (Å²) in [6.45, 7) is 10.5. The molecule has 0 bridgehead atoms. The first-order valence-corrected chi connectivity index (χ1v) is 45.4. The first-order chi connectivity index (χ1) is 47.1. The second-order valence-electron chi connectivity index (χ2n) is 31.2. The summed E-state index contributed by atoms with van der Waals surface area (Å²) >= 11 is 0. The Morgan fingerprint density at radius 3 is 0.347 bits per heavy atom. The standard InChI is InChI=1S/C46H92O2.C45H90O2/c1-3-5-7-9-11-13-15-17-19-20-21-22-23-24-25-26-27-28-29-30-31-32-34-36-38-40-42-44-46(47)48-45-43-41-39-37-35-33-18-16-14-12-10-8-6-4-2;1-3-5-7-9-11-13-15-17-18-19-20-21-22-23-24-25-26-27-28-29-30-31-33-35-37-39-41-43-45(46)47-44-42-40-38-36-34-32-16-14-12-10-8-6-4-2/h3-45H2,1-2H3;3-44H2,1-2H3. The van der Waals surface area contributed by atoms with Crippen LogP contribution in [0.1, 0.15) is 561 Å². The minimum absolute atomic E-state index is 0.0310. The van der Waals surface area contributed by atoms with E-state index in [0.29, 0.717) is 26.1 Å². The summed E-state index contributed by atoms with van der Waals surface area (Å²) in [5.74, 6) is 0.0628. The Balaban J connectivity index is 0. The van der Waals surface area contributed by atoms with E-state index in [4.69, 9.17) is 9.47 Å². The van der Waals surface area contributed by atoms with Gasteiger partial charge in [0.25, 0.3) is 0 Å². The Morgan fingerprint density at radius 1 is 0.137 bits per heavy atom. The molecule has 95 heavy (non-hydrogen) atoms. The maximum atomic E-state index is 12.0. The third-order valence-electron chi connectivity index (χ3n) is 21.2. The van der Waals surface area contributed by atoms with E-state index in [0.717, 1.165) is 25.7 Å². The second-order valence-corrected chi connectivity index (χ2v) is 31.2. The van der Waals surface area contributed by atoms with Crippen LogP contribution in [-0.2, 0) is 19.1 Å². The highest BCUT2D eigenvalue weighted by molar-refractivity contribution is 5.69. The molecule has 0 aromatic rings. The summed E-state index contributed by atoms with van der Waals surface area (Å²) < 4.78 is 10.9. The Kier molecular flexibility index (Phi) is 93.9. The van der Waals surface area contributed by atoms with E-state index in [2.05, 4.69) is 27.7 Å². The fourth-order valence-electron chi connectivity index (χ4n) is 14.5. The SMILES string of the molecule is CCCCCCCCCCCCCCCCCCCCCCCCCCCCCC(=O)OCCCCCCCCCCCCCCC.CCCCCCCCCCCCCCCCCCCCCCCCCCCCCC(=O)OCCCCCCCCCCCCCCCC. The number of unbranched alkanes of at least 4 members (excludes halogenated alkanes) is 77. The zero-order valence-corrected chi connectivity index (χ0v) is 66.7. The van der Waals surface area contributed by atoms with Crippen molar-refractivity contribution in [3.63, 3.8) is 0 Å². The van der Waals surface area contributed by atoms with Gasteiger partial charge in [-0.3, -0.25) is 9.59 Å². The van der Waals surface area contributed by atoms with Gasteiger partial charge in [0.1, 0.15) is 0 Å². The third-order valence-corrected chi connectivity index (χ3v) is 21.2. The van der Waals surface area contributed by atoms with Crippen molar-refractivity contribution in [2.24, 2.45) is 0 Å². The molecule has 0 rings (SSSR count). The van der Waals surface area contributed by atoms with Crippen molar-refractivity contribution in [3.05, 3.63) is 0 Å². The van der Waals surface area contributed by atoms with E-state index in [1.807, 2.05) is 0 Å². The first-order valence-electron chi connectivity index (χ1n) is 45.4. The number of rotatable bonds is 85. The molecule has 0 saturated heterocycles. The van der Waals surface area contributed by atoms with Crippen molar-refractivity contribution < 1.29 is 19.1 Å². The molecule has 570 valence electrons. The number of ether oxygens (including phenoxy) is 2. The average molecular weight is 1340 g/mol. The van der Waals surface area contributed by atoms with Gasteiger partial charge in [-0.1, -0.05) is 522 Å². The summed E-state index contributed by atoms with van der Waals surface area (Å²) in [6, 6.07) is 0. The average Bonchev–Trinajstić information content (AvgIpc) is 3.67. The van der Waals surface area contributed by atoms with Gasteiger partial charge >= 0.3 is 11.9 Å². The Bertz CT molecular complexity index is 1330. The molecule has 0 atom stereocenters. The lowest BCUT2D eigenvalue weighted by Gasteiger charge is -2.06. The maximum absolute atomic E-state index is 12.0. The van der Waals surface area contributed by atoms with Gasteiger partial charge in [-0.15, -0.1) is 0 Å². The lowest BCUT2D eigenvalue weighted by Crippen LogP contribution is -2.05. The van der Waals surface area contributed by atoms with E-state index < -0.39 is 0 Å². The van der Waals surface area contributed by atoms with E-state index in [9.17, 15) is 9.59 Å². The molecule has 0 aliphatic carbocycles. The van der Waals surface area contributed by atoms with Gasteiger partial charge in [-0.05, 0) is 25.7 Å². The maximum Gasteiger partial charge on any atom is 0.305 e. The van der Waals surface area contributed by atoms with Crippen molar-refractivity contribution >= 4 is 11.9 Å². The molecule has 0 aliphatic rings. The highest BCUT2D eigenvalue weighted by Crippen LogP contribution is 2.21. The summed E-state index contributed by atoms with van der Waals surface area (Å²) in [5.41, 5.74) is 0. The van der Waals surface area contributed by atoms with Gasteiger partial charge in [-0.25, -0.2) is 0 Å². The zero-order chi connectivity index (χ0) is 68.7. The molecular weight excluding hydrogens is 1160 g/mol. The Morgan fingerprint density at radius 2 is 0.232 bits per heavy atom. The van der Waals surface area contributed by atoms with Crippen LogP contribution in [0, 0.1) is 0 Å². The quantitative estimate of drug-likeness (QED) is 0.0450. The molecule has 0 fully saturated rings. The monoisotopic (exact) mass is 1340 g/mol. The van der Waals surface area contributed by atoms with E-state index in [-0.39, 0.29) is 11.9 Å². The van der Waals surface area contributed by atoms with Gasteiger partial charge in [0, 0.05) is 12.8 Å². The van der Waals surface area contributed by atoms with Crippen molar-refractivity contribution in [2.45, 2.75) is 561 Å². The molecule has 0 heterocycles. The fraction of sp³-hybridized carbons (Fsp3) is 0.978. The molecule has 0 saturated carbocycles. The number of carbonyl (C=O) groups is 2. The van der Waals surface area contributed by atoms with Crippen molar-refractivity contribution in [1.82, 2.24) is 0 Å². The van der Waals surface area contributed by atoms with Gasteiger partial charge in [-0.2, -0.15) is 0 Å². The van der Waals surface area contributed by atoms with Gasteiger partial charge in [0.2, 0.25) is 0 Å². The van der Waals surface area contributed by atoms with Crippen LogP contribution < -0.4 is 0 Å². The molecule has 4 heteroatoms. The van der Waals surface area contributed by atoms with Crippen LogP contribution in [0.5, 0.6) is 0 Å². The highest BCUT2D eigenvalue weighted by atomic mass is 16.5. The van der Waals surface area contributed by atoms with Crippen molar-refractivity contribution in [1.29, 1.82) is 0 Å². The molecule has 4 nitrogen and oxygen atoms in total. The van der Waals surface area contributed by atoms with E-state index in [1.165, 1.54) is 494 Å². The van der Waals surface area contributed by atoms with Gasteiger partial charge in [0.05, 0.1) is 13.2 Å². The van der Waals surface area contributed by atoms with Crippen LogP contribution in [0.25, 0.3) is 0 Å². The molecule has 0 aromatic heterocycles. The molecule has 0 aliphatic heterocycles. The zero-order valence-electron chi connectivity index (χ0n) is 66.7. The molecule has 0 unspecified atom stereocenters. The molecule has 0 radical (unpaired) electrons. The van der Waals surface area contributed by atoms with Crippen LogP contribution in [0.2, 0.25) is 0 Å². The molecule has 0 aromatic carbocycles. The highest BCUT2D eigenvalue weighted by Gasteiger charge is 2.06. The minimum Gasteiger partial charge on any atom is -0.466 e. The predicted molar refractivity (Wildman–Crippen MR) is 428 cm³/mol. The Hall–Kier alpha value is -1.06. The lowest BCUT2D eigenvalue weighted by atomic mass is 10.0. The summed E-state index contributed by atoms with van der Waals surface area (Å²) in [5, 5.41) is 0. The topological polar surface area (TPSA) is 52.6 Å². The largest absolute Gasteiger partial charge is 0.466 e. The number of carbonyl (C=O) groups excluding carboxylic acids is 2. The summed E-state index contributed by atoms with van der Waals surface area (Å²) in [7, 11) is 0. The van der Waals surface area contributed by atoms with E-state index in [1.54, 1.807) is 0 Å². The third kappa shape index (κ3) is 95.0. The molecule has 0 spiro atoms.